The minimum absolute atomic E-state index is 0.390. The summed E-state index contributed by atoms with van der Waals surface area (Å²) in [6.07, 6.45) is 3.45. The Bertz CT molecular complexity index is 471. The van der Waals surface area contributed by atoms with Crippen molar-refractivity contribution in [1.29, 1.82) is 0 Å². The maximum absolute atomic E-state index is 5.71. The van der Waals surface area contributed by atoms with Gasteiger partial charge in [-0.25, -0.2) is 9.97 Å². The lowest BCUT2D eigenvalue weighted by Crippen LogP contribution is -1.94. The summed E-state index contributed by atoms with van der Waals surface area (Å²) in [6.45, 7) is 2.01. The zero-order valence-corrected chi connectivity index (χ0v) is 9.07. The molecular formula is C11H10ClN3. The van der Waals surface area contributed by atoms with E-state index in [0.717, 1.165) is 17.0 Å². The number of hydrogen-bond donors (Lipinski definition) is 0. The molecule has 3 nitrogen and oxygen atoms in total. The summed E-state index contributed by atoms with van der Waals surface area (Å²) < 4.78 is 0. The molecule has 76 valence electrons. The first-order valence-electron chi connectivity index (χ1n) is 4.60. The third kappa shape index (κ3) is 2.30. The van der Waals surface area contributed by atoms with Gasteiger partial charge in [0.05, 0.1) is 11.6 Å². The van der Waals surface area contributed by atoms with Gasteiger partial charge in [0.25, 0.3) is 0 Å². The summed E-state index contributed by atoms with van der Waals surface area (Å²) in [5.74, 6) is 1.01. The van der Waals surface area contributed by atoms with Gasteiger partial charge in [0.1, 0.15) is 5.69 Å². The first-order chi connectivity index (χ1) is 7.29. The third-order valence-corrected chi connectivity index (χ3v) is 2.27. The van der Waals surface area contributed by atoms with Crippen LogP contribution in [0.2, 0.25) is 0 Å². The predicted octanol–water partition coefficient (Wildman–Crippen LogP) is 2.59. The number of pyridine rings is 1. The van der Waals surface area contributed by atoms with E-state index in [9.17, 15) is 0 Å². The summed E-state index contributed by atoms with van der Waals surface area (Å²) in [5.41, 5.74) is 2.73. The summed E-state index contributed by atoms with van der Waals surface area (Å²) in [7, 11) is 0. The smallest absolute Gasteiger partial charge is 0.178 e. The lowest BCUT2D eigenvalue weighted by Gasteiger charge is -2.01. The van der Waals surface area contributed by atoms with Crippen molar-refractivity contribution in [3.8, 4) is 11.5 Å². The first kappa shape index (κ1) is 10.1. The van der Waals surface area contributed by atoms with E-state index in [1.807, 2.05) is 19.1 Å². The van der Waals surface area contributed by atoms with Crippen LogP contribution in [0.1, 0.15) is 11.3 Å². The quantitative estimate of drug-likeness (QED) is 0.729. The zero-order valence-electron chi connectivity index (χ0n) is 8.31. The molecule has 0 aliphatic heterocycles. The Morgan fingerprint density at radius 1 is 1.20 bits per heavy atom. The van der Waals surface area contributed by atoms with Crippen LogP contribution in [-0.4, -0.2) is 15.0 Å². The predicted molar refractivity (Wildman–Crippen MR) is 59.6 cm³/mol. The van der Waals surface area contributed by atoms with Gasteiger partial charge in [0.2, 0.25) is 0 Å². The molecular weight excluding hydrogens is 210 g/mol. The van der Waals surface area contributed by atoms with E-state index >= 15 is 0 Å². The highest BCUT2D eigenvalue weighted by Gasteiger charge is 2.03. The minimum Gasteiger partial charge on any atom is -0.253 e. The van der Waals surface area contributed by atoms with E-state index in [1.165, 1.54) is 0 Å². The molecule has 0 saturated carbocycles. The molecule has 2 rings (SSSR count). The molecule has 0 unspecified atom stereocenters. The monoisotopic (exact) mass is 219 g/mol. The van der Waals surface area contributed by atoms with Crippen LogP contribution in [0.25, 0.3) is 11.5 Å². The van der Waals surface area contributed by atoms with Gasteiger partial charge in [-0.1, -0.05) is 0 Å². The molecule has 0 amide bonds. The van der Waals surface area contributed by atoms with Crippen molar-refractivity contribution in [2.24, 2.45) is 0 Å². The lowest BCUT2D eigenvalue weighted by atomic mass is 10.2. The Balaban J connectivity index is 2.44. The lowest BCUT2D eigenvalue weighted by molar-refractivity contribution is 1.07. The molecule has 0 atom stereocenters. The molecule has 0 N–H and O–H groups in total. The minimum atomic E-state index is 0.390. The van der Waals surface area contributed by atoms with E-state index in [1.54, 1.807) is 18.5 Å². The average Bonchev–Trinajstić information content (AvgIpc) is 2.29. The first-order valence-corrected chi connectivity index (χ1v) is 5.14. The number of hydrogen-bond acceptors (Lipinski definition) is 3. The Kier molecular flexibility index (Phi) is 2.92. The van der Waals surface area contributed by atoms with Crippen molar-refractivity contribution in [1.82, 2.24) is 15.0 Å². The number of rotatable bonds is 2. The molecule has 2 aromatic rings. The van der Waals surface area contributed by atoms with Gasteiger partial charge >= 0.3 is 0 Å². The fourth-order valence-corrected chi connectivity index (χ4v) is 1.40. The van der Waals surface area contributed by atoms with Crippen LogP contribution in [0.15, 0.2) is 30.6 Å². The van der Waals surface area contributed by atoms with E-state index < -0.39 is 0 Å². The summed E-state index contributed by atoms with van der Waals surface area (Å²) >= 11 is 5.71. The van der Waals surface area contributed by atoms with Gasteiger partial charge in [0, 0.05) is 12.4 Å². The standard InChI is InChI=1S/C11H10ClN3/c1-8-2-4-13-10(6-8)11-14-5-3-9(7-12)15-11/h2-6H,7H2,1H3. The van der Waals surface area contributed by atoms with E-state index in [4.69, 9.17) is 11.6 Å². The second-order valence-corrected chi connectivity index (χ2v) is 3.49. The molecule has 0 bridgehead atoms. The number of halogens is 1. The largest absolute Gasteiger partial charge is 0.253 e. The second-order valence-electron chi connectivity index (χ2n) is 3.22. The second kappa shape index (κ2) is 4.36. The summed E-state index contributed by atoms with van der Waals surface area (Å²) in [4.78, 5) is 12.7. The Morgan fingerprint density at radius 2 is 2.00 bits per heavy atom. The third-order valence-electron chi connectivity index (χ3n) is 1.99. The SMILES string of the molecule is Cc1ccnc(-c2nccc(CCl)n2)c1. The number of aromatic nitrogens is 3. The number of aryl methyl sites for hydroxylation is 1. The summed E-state index contributed by atoms with van der Waals surface area (Å²) in [5, 5.41) is 0. The highest BCUT2D eigenvalue weighted by atomic mass is 35.5. The van der Waals surface area contributed by atoms with Gasteiger partial charge in [-0.05, 0) is 30.7 Å². The Morgan fingerprint density at radius 3 is 2.73 bits per heavy atom. The van der Waals surface area contributed by atoms with Crippen LogP contribution < -0.4 is 0 Å². The average molecular weight is 220 g/mol. The van der Waals surface area contributed by atoms with E-state index in [0.29, 0.717) is 11.7 Å². The van der Waals surface area contributed by atoms with Crippen LogP contribution in [0.4, 0.5) is 0 Å². The van der Waals surface area contributed by atoms with E-state index in [-0.39, 0.29) is 0 Å². The van der Waals surface area contributed by atoms with Crippen molar-refractivity contribution in [2.75, 3.05) is 0 Å². The maximum atomic E-state index is 5.71. The highest BCUT2D eigenvalue weighted by Crippen LogP contribution is 2.13. The number of alkyl halides is 1. The molecule has 0 aliphatic carbocycles. The van der Waals surface area contributed by atoms with Gasteiger partial charge in [-0.2, -0.15) is 0 Å². The fourth-order valence-electron chi connectivity index (χ4n) is 1.25. The highest BCUT2D eigenvalue weighted by molar-refractivity contribution is 6.16. The molecule has 0 aliphatic rings. The normalized spacial score (nSPS) is 10.3. The molecule has 0 aromatic carbocycles. The molecule has 0 radical (unpaired) electrons. The fraction of sp³-hybridized carbons (Fsp3) is 0.182. The molecule has 15 heavy (non-hydrogen) atoms. The van der Waals surface area contributed by atoms with Crippen LogP contribution in [0, 0.1) is 6.92 Å². The van der Waals surface area contributed by atoms with Crippen molar-refractivity contribution >= 4 is 11.6 Å². The zero-order chi connectivity index (χ0) is 10.7. The van der Waals surface area contributed by atoms with Crippen LogP contribution in [-0.2, 0) is 5.88 Å². The van der Waals surface area contributed by atoms with Crippen molar-refractivity contribution in [2.45, 2.75) is 12.8 Å². The van der Waals surface area contributed by atoms with Crippen molar-refractivity contribution < 1.29 is 0 Å². The summed E-state index contributed by atoms with van der Waals surface area (Å²) in [6, 6.07) is 5.69. The molecule has 0 fully saturated rings. The van der Waals surface area contributed by atoms with Gasteiger partial charge in [-0.15, -0.1) is 11.6 Å². The molecule has 2 aromatic heterocycles. The molecule has 2 heterocycles. The Labute approximate surface area is 93.2 Å². The molecule has 0 saturated heterocycles. The maximum Gasteiger partial charge on any atom is 0.178 e. The van der Waals surface area contributed by atoms with Gasteiger partial charge in [0.15, 0.2) is 5.82 Å². The Hall–Kier alpha value is -1.48. The van der Waals surface area contributed by atoms with Crippen molar-refractivity contribution in [3.63, 3.8) is 0 Å². The van der Waals surface area contributed by atoms with Crippen LogP contribution in [0.5, 0.6) is 0 Å². The van der Waals surface area contributed by atoms with Crippen molar-refractivity contribution in [3.05, 3.63) is 41.9 Å². The van der Waals surface area contributed by atoms with Gasteiger partial charge in [-0.3, -0.25) is 4.98 Å². The van der Waals surface area contributed by atoms with E-state index in [2.05, 4.69) is 15.0 Å². The van der Waals surface area contributed by atoms with Crippen LogP contribution in [0.3, 0.4) is 0 Å². The molecule has 4 heteroatoms. The number of nitrogens with zero attached hydrogens (tertiary/aromatic N) is 3. The molecule has 0 spiro atoms. The topological polar surface area (TPSA) is 38.7 Å². The van der Waals surface area contributed by atoms with Crippen LogP contribution >= 0.6 is 11.6 Å². The van der Waals surface area contributed by atoms with Gasteiger partial charge < -0.3 is 0 Å².